The molecule has 0 aliphatic heterocycles. The third-order valence-electron chi connectivity index (χ3n) is 2.09. The van der Waals surface area contributed by atoms with Gasteiger partial charge < -0.3 is 14.6 Å². The summed E-state index contributed by atoms with van der Waals surface area (Å²) in [5.41, 5.74) is -0.0985. The lowest BCUT2D eigenvalue weighted by molar-refractivity contribution is -0.146. The number of carboxylic acid groups (broad SMARTS) is 1. The van der Waals surface area contributed by atoms with E-state index in [2.05, 4.69) is 4.98 Å². The number of nitrogens with zero attached hydrogens (tertiary/aromatic N) is 1. The molecule has 0 aliphatic rings. The van der Waals surface area contributed by atoms with Crippen molar-refractivity contribution in [2.75, 3.05) is 6.61 Å². The Labute approximate surface area is 97.2 Å². The molecule has 1 aromatic heterocycles. The van der Waals surface area contributed by atoms with E-state index >= 15 is 0 Å². The fraction of sp³-hybridized carbons (Fsp3) is 0.273. The van der Waals surface area contributed by atoms with Crippen LogP contribution < -0.4 is 0 Å². The first-order chi connectivity index (χ1) is 8.11. The van der Waals surface area contributed by atoms with Crippen LogP contribution in [0, 0.1) is 0 Å². The van der Waals surface area contributed by atoms with E-state index in [-0.39, 0.29) is 17.7 Å². The molecule has 0 radical (unpaired) electrons. The maximum atomic E-state index is 11.5. The van der Waals surface area contributed by atoms with E-state index < -0.39 is 17.9 Å². The largest absolute Gasteiger partial charge is 0.478 e. The van der Waals surface area contributed by atoms with E-state index in [1.54, 1.807) is 6.92 Å². The molecule has 90 valence electrons. The summed E-state index contributed by atoms with van der Waals surface area (Å²) < 4.78 is 4.69. The van der Waals surface area contributed by atoms with Crippen LogP contribution in [-0.2, 0) is 14.3 Å². The second kappa shape index (κ2) is 5.74. The summed E-state index contributed by atoms with van der Waals surface area (Å²) in [5, 5.41) is 8.93. The van der Waals surface area contributed by atoms with Crippen molar-refractivity contribution in [1.82, 2.24) is 4.98 Å². The number of carboxylic acids is 1. The lowest BCUT2D eigenvalue weighted by Crippen LogP contribution is -2.20. The van der Waals surface area contributed by atoms with Gasteiger partial charge in [-0.1, -0.05) is 0 Å². The SMILES string of the molecule is CCOC(=O)C(C=O)c1cnccc1C(=O)O. The van der Waals surface area contributed by atoms with Crippen molar-refractivity contribution in [3.63, 3.8) is 0 Å². The van der Waals surface area contributed by atoms with E-state index in [0.29, 0.717) is 6.29 Å². The molecule has 1 heterocycles. The van der Waals surface area contributed by atoms with Gasteiger partial charge in [-0.15, -0.1) is 0 Å². The topological polar surface area (TPSA) is 93.6 Å². The number of aromatic nitrogens is 1. The van der Waals surface area contributed by atoms with Crippen LogP contribution >= 0.6 is 0 Å². The van der Waals surface area contributed by atoms with Crippen molar-refractivity contribution >= 4 is 18.2 Å². The molecule has 17 heavy (non-hydrogen) atoms. The zero-order chi connectivity index (χ0) is 12.8. The van der Waals surface area contributed by atoms with Gasteiger partial charge in [0.25, 0.3) is 0 Å². The normalized spacial score (nSPS) is 11.6. The molecule has 0 fully saturated rings. The predicted octanol–water partition coefficient (Wildman–Crippen LogP) is 0.625. The van der Waals surface area contributed by atoms with Gasteiger partial charge in [0.15, 0.2) is 0 Å². The number of rotatable bonds is 5. The quantitative estimate of drug-likeness (QED) is 0.458. The second-order valence-corrected chi connectivity index (χ2v) is 3.13. The molecule has 1 unspecified atom stereocenters. The fourth-order valence-electron chi connectivity index (χ4n) is 1.34. The van der Waals surface area contributed by atoms with E-state index in [4.69, 9.17) is 9.84 Å². The zero-order valence-electron chi connectivity index (χ0n) is 9.12. The Morgan fingerprint density at radius 3 is 2.82 bits per heavy atom. The molecular weight excluding hydrogens is 226 g/mol. The van der Waals surface area contributed by atoms with E-state index in [1.165, 1.54) is 18.5 Å². The smallest absolute Gasteiger partial charge is 0.336 e. The molecule has 1 aromatic rings. The van der Waals surface area contributed by atoms with Crippen LogP contribution in [0.4, 0.5) is 0 Å². The number of ether oxygens (including phenoxy) is 1. The summed E-state index contributed by atoms with van der Waals surface area (Å²) in [5.74, 6) is -3.26. The molecule has 0 saturated carbocycles. The minimum atomic E-state index is -1.25. The lowest BCUT2D eigenvalue weighted by Gasteiger charge is -2.11. The highest BCUT2D eigenvalue weighted by Gasteiger charge is 2.26. The lowest BCUT2D eigenvalue weighted by atomic mass is 9.97. The average Bonchev–Trinajstić information content (AvgIpc) is 2.31. The number of carbonyl (C=O) groups is 3. The second-order valence-electron chi connectivity index (χ2n) is 3.13. The zero-order valence-corrected chi connectivity index (χ0v) is 9.12. The van der Waals surface area contributed by atoms with Crippen molar-refractivity contribution in [3.05, 3.63) is 29.6 Å². The summed E-state index contributed by atoms with van der Waals surface area (Å²) in [6, 6.07) is 1.23. The Morgan fingerprint density at radius 2 is 2.29 bits per heavy atom. The molecule has 0 bridgehead atoms. The third-order valence-corrected chi connectivity index (χ3v) is 2.09. The highest BCUT2D eigenvalue weighted by molar-refractivity contribution is 5.99. The molecule has 6 heteroatoms. The number of hydrogen-bond donors (Lipinski definition) is 1. The molecule has 0 spiro atoms. The predicted molar refractivity (Wildman–Crippen MR) is 56.6 cm³/mol. The first-order valence-electron chi connectivity index (χ1n) is 4.91. The van der Waals surface area contributed by atoms with Crippen LogP contribution in [0.25, 0.3) is 0 Å². The van der Waals surface area contributed by atoms with Gasteiger partial charge in [-0.2, -0.15) is 0 Å². The number of esters is 1. The van der Waals surface area contributed by atoms with Crippen LogP contribution in [-0.4, -0.2) is 34.9 Å². The van der Waals surface area contributed by atoms with E-state index in [9.17, 15) is 14.4 Å². The Kier molecular flexibility index (Phi) is 4.33. The summed E-state index contributed by atoms with van der Waals surface area (Å²) >= 11 is 0. The van der Waals surface area contributed by atoms with Crippen molar-refractivity contribution in [2.45, 2.75) is 12.8 Å². The molecular formula is C11H11NO5. The molecule has 0 amide bonds. The molecule has 1 rings (SSSR count). The van der Waals surface area contributed by atoms with Gasteiger partial charge in [-0.3, -0.25) is 9.78 Å². The minimum Gasteiger partial charge on any atom is -0.478 e. The van der Waals surface area contributed by atoms with Crippen LogP contribution in [0.5, 0.6) is 0 Å². The van der Waals surface area contributed by atoms with Gasteiger partial charge >= 0.3 is 11.9 Å². The van der Waals surface area contributed by atoms with Crippen molar-refractivity contribution in [2.24, 2.45) is 0 Å². The van der Waals surface area contributed by atoms with E-state index in [1.807, 2.05) is 0 Å². The van der Waals surface area contributed by atoms with Gasteiger partial charge in [0.1, 0.15) is 12.2 Å². The number of carbonyl (C=O) groups excluding carboxylic acids is 2. The Balaban J connectivity index is 3.16. The maximum Gasteiger partial charge on any atom is 0.336 e. The molecule has 1 atom stereocenters. The molecule has 0 aromatic carbocycles. The fourth-order valence-corrected chi connectivity index (χ4v) is 1.34. The van der Waals surface area contributed by atoms with Crippen LogP contribution in [0.3, 0.4) is 0 Å². The standard InChI is InChI=1S/C11H11NO5/c1-2-17-11(16)9(6-13)8-5-12-4-3-7(8)10(14)15/h3-6,9H,2H2,1H3,(H,14,15). The number of aromatic carboxylic acids is 1. The minimum absolute atomic E-state index is 0.0356. The summed E-state index contributed by atoms with van der Waals surface area (Å²) in [6.07, 6.45) is 2.81. The van der Waals surface area contributed by atoms with E-state index in [0.717, 1.165) is 0 Å². The van der Waals surface area contributed by atoms with Crippen molar-refractivity contribution < 1.29 is 24.2 Å². The molecule has 1 N–H and O–H groups in total. The molecule has 0 saturated heterocycles. The van der Waals surface area contributed by atoms with Crippen LogP contribution in [0.1, 0.15) is 28.8 Å². The van der Waals surface area contributed by atoms with Crippen LogP contribution in [0.2, 0.25) is 0 Å². The summed E-state index contributed by atoms with van der Waals surface area (Å²) in [6.45, 7) is 1.72. The Hall–Kier alpha value is -2.24. The third kappa shape index (κ3) is 2.87. The Bertz CT molecular complexity index is 443. The van der Waals surface area contributed by atoms with Gasteiger partial charge in [-0.25, -0.2) is 4.79 Å². The highest BCUT2D eigenvalue weighted by atomic mass is 16.5. The van der Waals surface area contributed by atoms with Crippen molar-refractivity contribution in [3.8, 4) is 0 Å². The van der Waals surface area contributed by atoms with Gasteiger partial charge in [-0.05, 0) is 13.0 Å². The maximum absolute atomic E-state index is 11.5. The van der Waals surface area contributed by atoms with Gasteiger partial charge in [0.05, 0.1) is 12.2 Å². The number of pyridine rings is 1. The average molecular weight is 237 g/mol. The molecule has 6 nitrogen and oxygen atoms in total. The molecule has 0 aliphatic carbocycles. The first kappa shape index (κ1) is 12.8. The summed E-state index contributed by atoms with van der Waals surface area (Å²) in [7, 11) is 0. The Morgan fingerprint density at radius 1 is 1.59 bits per heavy atom. The highest BCUT2D eigenvalue weighted by Crippen LogP contribution is 2.19. The monoisotopic (exact) mass is 237 g/mol. The first-order valence-corrected chi connectivity index (χ1v) is 4.91. The number of aldehydes is 1. The van der Waals surface area contributed by atoms with Crippen molar-refractivity contribution in [1.29, 1.82) is 0 Å². The van der Waals surface area contributed by atoms with Gasteiger partial charge in [0, 0.05) is 18.0 Å². The number of hydrogen-bond acceptors (Lipinski definition) is 5. The van der Waals surface area contributed by atoms with Crippen LogP contribution in [0.15, 0.2) is 18.5 Å². The summed E-state index contributed by atoms with van der Waals surface area (Å²) in [4.78, 5) is 37.0. The van der Waals surface area contributed by atoms with Gasteiger partial charge in [0.2, 0.25) is 0 Å².